The molecule has 1 aromatic rings. The first-order valence-electron chi connectivity index (χ1n) is 7.80. The van der Waals surface area contributed by atoms with Crippen LogP contribution in [0.15, 0.2) is 18.2 Å². The number of ether oxygens (including phenoxy) is 1. The van der Waals surface area contributed by atoms with E-state index in [1.165, 1.54) is 23.9 Å². The van der Waals surface area contributed by atoms with Crippen molar-refractivity contribution >= 4 is 11.7 Å². The molecule has 0 bridgehead atoms. The van der Waals surface area contributed by atoms with Crippen LogP contribution >= 0.6 is 0 Å². The minimum atomic E-state index is -0.225. The molecule has 0 N–H and O–H groups in total. The van der Waals surface area contributed by atoms with Crippen LogP contribution in [0.5, 0.6) is 0 Å². The number of hydrogen-bond donors (Lipinski definition) is 0. The molecule has 0 saturated carbocycles. The molecule has 2 rings (SSSR count). The van der Waals surface area contributed by atoms with Gasteiger partial charge in [0.2, 0.25) is 0 Å². The van der Waals surface area contributed by atoms with Crippen LogP contribution in [0, 0.1) is 6.92 Å². The van der Waals surface area contributed by atoms with E-state index < -0.39 is 0 Å². The summed E-state index contributed by atoms with van der Waals surface area (Å²) in [6, 6.07) is 6.21. The molecule has 1 aromatic carbocycles. The predicted octanol–water partition coefficient (Wildman–Crippen LogP) is 4.04. The molecule has 1 aliphatic rings. The van der Waals surface area contributed by atoms with Gasteiger partial charge in [0.05, 0.1) is 7.11 Å². The zero-order chi connectivity index (χ0) is 15.8. The molecule has 0 unspecified atom stereocenters. The first-order chi connectivity index (χ1) is 9.83. The standard InChI is InChI=1S/C18H27NO2/c1-7-15(17(20)21-6)19-16-12(2)9-8-10-14(16)13(3)11-18(19,4)5/h8-10,13,15H,7,11H2,1-6H3/t13-,15+/m0/s1. The third-order valence-corrected chi connectivity index (χ3v) is 4.67. The van der Waals surface area contributed by atoms with Crippen LogP contribution in [0.1, 0.15) is 57.6 Å². The Kier molecular flexibility index (Phi) is 4.31. The largest absolute Gasteiger partial charge is 0.467 e. The lowest BCUT2D eigenvalue weighted by Crippen LogP contribution is -2.56. The van der Waals surface area contributed by atoms with Crippen LogP contribution < -0.4 is 4.90 Å². The molecule has 2 atom stereocenters. The van der Waals surface area contributed by atoms with Crippen LogP contribution in [0.2, 0.25) is 0 Å². The van der Waals surface area contributed by atoms with Gasteiger partial charge in [-0.25, -0.2) is 4.79 Å². The fraction of sp³-hybridized carbons (Fsp3) is 0.611. The monoisotopic (exact) mass is 289 g/mol. The first-order valence-corrected chi connectivity index (χ1v) is 7.80. The zero-order valence-corrected chi connectivity index (χ0v) is 14.1. The fourth-order valence-electron chi connectivity index (χ4n) is 3.84. The summed E-state index contributed by atoms with van der Waals surface area (Å²) in [6.07, 6.45) is 1.79. The van der Waals surface area contributed by atoms with Gasteiger partial charge in [0, 0.05) is 11.2 Å². The summed E-state index contributed by atoms with van der Waals surface area (Å²) in [7, 11) is 1.48. The van der Waals surface area contributed by atoms with E-state index in [1.54, 1.807) is 0 Å². The van der Waals surface area contributed by atoms with Gasteiger partial charge < -0.3 is 9.64 Å². The molecule has 0 aliphatic carbocycles. The third kappa shape index (κ3) is 2.66. The van der Waals surface area contributed by atoms with E-state index >= 15 is 0 Å². The van der Waals surface area contributed by atoms with Gasteiger partial charge in [-0.15, -0.1) is 0 Å². The Hall–Kier alpha value is -1.51. The Morgan fingerprint density at radius 3 is 2.71 bits per heavy atom. The van der Waals surface area contributed by atoms with E-state index in [-0.39, 0.29) is 17.6 Å². The minimum Gasteiger partial charge on any atom is -0.467 e. The highest BCUT2D eigenvalue weighted by Gasteiger charge is 2.42. The molecule has 116 valence electrons. The maximum Gasteiger partial charge on any atom is 0.328 e. The van der Waals surface area contributed by atoms with Gasteiger partial charge in [-0.2, -0.15) is 0 Å². The lowest BCUT2D eigenvalue weighted by atomic mass is 9.78. The predicted molar refractivity (Wildman–Crippen MR) is 86.9 cm³/mol. The van der Waals surface area contributed by atoms with Gasteiger partial charge in [-0.05, 0) is 50.7 Å². The molecular formula is C18H27NO2. The van der Waals surface area contributed by atoms with Crippen LogP contribution in [-0.2, 0) is 9.53 Å². The number of rotatable bonds is 3. The van der Waals surface area contributed by atoms with Crippen molar-refractivity contribution in [2.24, 2.45) is 0 Å². The summed E-state index contributed by atoms with van der Waals surface area (Å²) in [5, 5.41) is 0. The average Bonchev–Trinajstić information content (AvgIpc) is 2.42. The number of fused-ring (bicyclic) bond motifs is 1. The number of carbonyl (C=O) groups excluding carboxylic acids is 1. The Morgan fingerprint density at radius 2 is 2.14 bits per heavy atom. The van der Waals surface area contributed by atoms with Crippen molar-refractivity contribution in [2.75, 3.05) is 12.0 Å². The number of anilines is 1. The van der Waals surface area contributed by atoms with Crippen LogP contribution in [0.4, 0.5) is 5.69 Å². The lowest BCUT2D eigenvalue weighted by Gasteiger charge is -2.50. The second kappa shape index (κ2) is 5.70. The second-order valence-corrected chi connectivity index (χ2v) is 6.75. The van der Waals surface area contributed by atoms with Crippen molar-refractivity contribution in [3.63, 3.8) is 0 Å². The Labute approximate surface area is 128 Å². The molecule has 0 aromatic heterocycles. The summed E-state index contributed by atoms with van der Waals surface area (Å²) < 4.78 is 5.05. The normalized spacial score (nSPS) is 21.6. The van der Waals surface area contributed by atoms with E-state index in [0.29, 0.717) is 5.92 Å². The van der Waals surface area contributed by atoms with Gasteiger partial charge in [-0.1, -0.05) is 32.0 Å². The molecular weight excluding hydrogens is 262 g/mol. The number of benzene rings is 1. The molecule has 0 spiro atoms. The number of para-hydroxylation sites is 1. The average molecular weight is 289 g/mol. The maximum absolute atomic E-state index is 12.3. The van der Waals surface area contributed by atoms with Crippen molar-refractivity contribution in [3.8, 4) is 0 Å². The maximum atomic E-state index is 12.3. The number of nitrogens with zero attached hydrogens (tertiary/aromatic N) is 1. The zero-order valence-electron chi connectivity index (χ0n) is 14.1. The summed E-state index contributed by atoms with van der Waals surface area (Å²) in [6.45, 7) is 10.9. The molecule has 1 aliphatic heterocycles. The van der Waals surface area contributed by atoms with Crippen molar-refractivity contribution in [1.29, 1.82) is 0 Å². The number of aryl methyl sites for hydroxylation is 1. The minimum absolute atomic E-state index is 0.0621. The van der Waals surface area contributed by atoms with Crippen molar-refractivity contribution in [1.82, 2.24) is 0 Å². The molecule has 0 saturated heterocycles. The quantitative estimate of drug-likeness (QED) is 0.787. The van der Waals surface area contributed by atoms with Gasteiger partial charge in [-0.3, -0.25) is 0 Å². The second-order valence-electron chi connectivity index (χ2n) is 6.75. The van der Waals surface area contributed by atoms with Gasteiger partial charge >= 0.3 is 5.97 Å². The summed E-state index contributed by atoms with van der Waals surface area (Å²) >= 11 is 0. The smallest absolute Gasteiger partial charge is 0.328 e. The van der Waals surface area contributed by atoms with Crippen LogP contribution in [0.25, 0.3) is 0 Å². The first kappa shape index (κ1) is 15.9. The summed E-state index contributed by atoms with van der Waals surface area (Å²) in [4.78, 5) is 14.6. The topological polar surface area (TPSA) is 29.5 Å². The number of esters is 1. The van der Waals surface area contributed by atoms with Crippen molar-refractivity contribution < 1.29 is 9.53 Å². The molecule has 0 amide bonds. The number of methoxy groups -OCH3 is 1. The molecule has 3 nitrogen and oxygen atoms in total. The highest BCUT2D eigenvalue weighted by molar-refractivity contribution is 5.82. The Morgan fingerprint density at radius 1 is 1.48 bits per heavy atom. The Bertz CT molecular complexity index is 536. The van der Waals surface area contributed by atoms with E-state index in [0.717, 1.165) is 12.8 Å². The summed E-state index contributed by atoms with van der Waals surface area (Å²) in [5.74, 6) is 0.357. The number of hydrogen-bond acceptors (Lipinski definition) is 3. The molecule has 0 fully saturated rings. The SMILES string of the molecule is CC[C@H](C(=O)OC)N1c2c(C)cccc2[C@@H](C)CC1(C)C. The summed E-state index contributed by atoms with van der Waals surface area (Å²) in [5.41, 5.74) is 3.73. The van der Waals surface area contributed by atoms with E-state index in [9.17, 15) is 4.79 Å². The van der Waals surface area contributed by atoms with Crippen molar-refractivity contribution in [3.05, 3.63) is 29.3 Å². The van der Waals surface area contributed by atoms with Crippen molar-refractivity contribution in [2.45, 2.75) is 65.0 Å². The molecule has 1 heterocycles. The fourth-order valence-corrected chi connectivity index (χ4v) is 3.84. The van der Waals surface area contributed by atoms with E-state index in [2.05, 4.69) is 50.8 Å². The van der Waals surface area contributed by atoms with E-state index in [1.807, 2.05) is 6.92 Å². The van der Waals surface area contributed by atoms with E-state index in [4.69, 9.17) is 4.74 Å². The molecule has 0 radical (unpaired) electrons. The van der Waals surface area contributed by atoms with Crippen LogP contribution in [-0.4, -0.2) is 24.7 Å². The highest BCUT2D eigenvalue weighted by atomic mass is 16.5. The third-order valence-electron chi connectivity index (χ3n) is 4.67. The Balaban J connectivity index is 2.62. The van der Waals surface area contributed by atoms with Gasteiger partial charge in [0.1, 0.15) is 6.04 Å². The van der Waals surface area contributed by atoms with Gasteiger partial charge in [0.15, 0.2) is 0 Å². The van der Waals surface area contributed by atoms with Crippen LogP contribution in [0.3, 0.4) is 0 Å². The number of carbonyl (C=O) groups is 1. The van der Waals surface area contributed by atoms with Gasteiger partial charge in [0.25, 0.3) is 0 Å². The molecule has 3 heteroatoms. The highest BCUT2D eigenvalue weighted by Crippen LogP contribution is 2.46. The molecule has 21 heavy (non-hydrogen) atoms. The lowest BCUT2D eigenvalue weighted by molar-refractivity contribution is -0.142.